The van der Waals surface area contributed by atoms with E-state index in [1.54, 1.807) is 18.1 Å². The SMILES string of the molecule is COC(=O)C1CCN(C(=O)c2sccc2OC)C1. The van der Waals surface area contributed by atoms with E-state index in [1.165, 1.54) is 18.4 Å². The second-order valence-corrected chi connectivity index (χ2v) is 4.99. The summed E-state index contributed by atoms with van der Waals surface area (Å²) in [4.78, 5) is 25.9. The van der Waals surface area contributed by atoms with Crippen LogP contribution < -0.4 is 4.74 Å². The minimum absolute atomic E-state index is 0.0757. The first-order valence-corrected chi connectivity index (χ1v) is 6.54. The molecule has 0 radical (unpaired) electrons. The summed E-state index contributed by atoms with van der Waals surface area (Å²) in [5.41, 5.74) is 0. The van der Waals surface area contributed by atoms with Crippen LogP contribution in [0.25, 0.3) is 0 Å². The summed E-state index contributed by atoms with van der Waals surface area (Å²) in [6.07, 6.45) is 0.659. The summed E-state index contributed by atoms with van der Waals surface area (Å²) in [7, 11) is 2.91. The lowest BCUT2D eigenvalue weighted by Crippen LogP contribution is -2.29. The van der Waals surface area contributed by atoms with Crippen LogP contribution in [0.4, 0.5) is 0 Å². The Bertz CT molecular complexity index is 457. The molecule has 0 N–H and O–H groups in total. The van der Waals surface area contributed by atoms with Crippen molar-refractivity contribution in [3.05, 3.63) is 16.3 Å². The number of carbonyl (C=O) groups excluding carboxylic acids is 2. The predicted molar refractivity (Wildman–Crippen MR) is 66.9 cm³/mol. The first kappa shape index (κ1) is 12.9. The van der Waals surface area contributed by atoms with E-state index >= 15 is 0 Å². The van der Waals surface area contributed by atoms with Crippen molar-refractivity contribution in [3.8, 4) is 5.75 Å². The number of ether oxygens (including phenoxy) is 2. The predicted octanol–water partition coefficient (Wildman–Crippen LogP) is 1.39. The Morgan fingerprint density at radius 3 is 2.89 bits per heavy atom. The van der Waals surface area contributed by atoms with Crippen molar-refractivity contribution in [1.82, 2.24) is 4.90 Å². The van der Waals surface area contributed by atoms with Crippen LogP contribution in [0.3, 0.4) is 0 Å². The number of rotatable bonds is 3. The summed E-state index contributed by atoms with van der Waals surface area (Å²) in [5.74, 6) is 0.0631. The minimum Gasteiger partial charge on any atom is -0.495 e. The molecule has 5 nitrogen and oxygen atoms in total. The summed E-state index contributed by atoms with van der Waals surface area (Å²) in [6.45, 7) is 1.01. The van der Waals surface area contributed by atoms with Crippen molar-refractivity contribution in [2.45, 2.75) is 6.42 Å². The molecule has 6 heteroatoms. The minimum atomic E-state index is -0.247. The maximum Gasteiger partial charge on any atom is 0.310 e. The van der Waals surface area contributed by atoms with Gasteiger partial charge in [-0.1, -0.05) is 0 Å². The van der Waals surface area contributed by atoms with Gasteiger partial charge in [0.2, 0.25) is 0 Å². The highest BCUT2D eigenvalue weighted by molar-refractivity contribution is 7.12. The number of amides is 1. The number of esters is 1. The van der Waals surface area contributed by atoms with Gasteiger partial charge in [-0.25, -0.2) is 0 Å². The van der Waals surface area contributed by atoms with Crippen molar-refractivity contribution >= 4 is 23.2 Å². The van der Waals surface area contributed by atoms with Gasteiger partial charge in [-0.2, -0.15) is 0 Å². The average molecular weight is 269 g/mol. The molecule has 1 saturated heterocycles. The fraction of sp³-hybridized carbons (Fsp3) is 0.500. The highest BCUT2D eigenvalue weighted by Crippen LogP contribution is 2.28. The van der Waals surface area contributed by atoms with Gasteiger partial charge in [-0.15, -0.1) is 11.3 Å². The molecule has 1 aliphatic rings. The van der Waals surface area contributed by atoms with Crippen LogP contribution in [-0.2, 0) is 9.53 Å². The zero-order valence-corrected chi connectivity index (χ0v) is 11.2. The molecule has 1 aromatic rings. The number of carbonyl (C=O) groups is 2. The van der Waals surface area contributed by atoms with E-state index in [4.69, 9.17) is 9.47 Å². The highest BCUT2D eigenvalue weighted by Gasteiger charge is 2.33. The second kappa shape index (κ2) is 5.39. The fourth-order valence-electron chi connectivity index (χ4n) is 2.06. The number of thiophene rings is 1. The molecule has 18 heavy (non-hydrogen) atoms. The topological polar surface area (TPSA) is 55.8 Å². The van der Waals surface area contributed by atoms with Crippen molar-refractivity contribution in [2.75, 3.05) is 27.3 Å². The van der Waals surface area contributed by atoms with Gasteiger partial charge >= 0.3 is 5.97 Å². The van der Waals surface area contributed by atoms with E-state index in [2.05, 4.69) is 0 Å². The van der Waals surface area contributed by atoms with Crippen LogP contribution in [0.2, 0.25) is 0 Å². The summed E-state index contributed by atoms with van der Waals surface area (Å²) >= 11 is 1.35. The third kappa shape index (κ3) is 2.33. The van der Waals surface area contributed by atoms with Crippen LogP contribution in [-0.4, -0.2) is 44.1 Å². The van der Waals surface area contributed by atoms with E-state index in [-0.39, 0.29) is 17.8 Å². The van der Waals surface area contributed by atoms with Gasteiger partial charge in [0.05, 0.1) is 20.1 Å². The van der Waals surface area contributed by atoms with Crippen molar-refractivity contribution < 1.29 is 19.1 Å². The molecule has 98 valence electrons. The quantitative estimate of drug-likeness (QED) is 0.778. The summed E-state index contributed by atoms with van der Waals surface area (Å²) < 4.78 is 9.83. The fourth-order valence-corrected chi connectivity index (χ4v) is 2.89. The summed E-state index contributed by atoms with van der Waals surface area (Å²) in [6, 6.07) is 1.77. The van der Waals surface area contributed by atoms with Gasteiger partial charge in [0.1, 0.15) is 10.6 Å². The third-order valence-corrected chi connectivity index (χ3v) is 3.94. The third-order valence-electron chi connectivity index (χ3n) is 3.05. The van der Waals surface area contributed by atoms with Crippen LogP contribution in [0.5, 0.6) is 5.75 Å². The maximum atomic E-state index is 12.2. The van der Waals surface area contributed by atoms with Gasteiger partial charge in [0, 0.05) is 13.1 Å². The first-order chi connectivity index (χ1) is 8.67. The van der Waals surface area contributed by atoms with E-state index in [9.17, 15) is 9.59 Å². The monoisotopic (exact) mass is 269 g/mol. The standard InChI is InChI=1S/C12H15NO4S/c1-16-9-4-6-18-10(9)11(14)13-5-3-8(7-13)12(15)17-2/h4,6,8H,3,5,7H2,1-2H3. The number of hydrogen-bond donors (Lipinski definition) is 0. The largest absolute Gasteiger partial charge is 0.495 e. The van der Waals surface area contributed by atoms with Gasteiger partial charge in [0.15, 0.2) is 0 Å². The number of nitrogens with zero attached hydrogens (tertiary/aromatic N) is 1. The van der Waals surface area contributed by atoms with Crippen LogP contribution >= 0.6 is 11.3 Å². The van der Waals surface area contributed by atoms with Crippen molar-refractivity contribution in [2.24, 2.45) is 5.92 Å². The summed E-state index contributed by atoms with van der Waals surface area (Å²) in [5, 5.41) is 1.82. The number of hydrogen-bond acceptors (Lipinski definition) is 5. The molecule has 0 spiro atoms. The Kier molecular flexibility index (Phi) is 3.86. The van der Waals surface area contributed by atoms with E-state index < -0.39 is 0 Å². The van der Waals surface area contributed by atoms with Crippen LogP contribution in [0.1, 0.15) is 16.1 Å². The molecule has 1 fully saturated rings. The molecule has 2 heterocycles. The number of methoxy groups -OCH3 is 2. The Hall–Kier alpha value is -1.56. The Morgan fingerprint density at radius 1 is 1.44 bits per heavy atom. The molecular formula is C12H15NO4S. The Labute approximate surface area is 109 Å². The lowest BCUT2D eigenvalue weighted by atomic mass is 10.1. The van der Waals surface area contributed by atoms with Gasteiger partial charge in [-0.3, -0.25) is 9.59 Å². The highest BCUT2D eigenvalue weighted by atomic mass is 32.1. The first-order valence-electron chi connectivity index (χ1n) is 5.66. The normalized spacial score (nSPS) is 18.8. The van der Waals surface area contributed by atoms with Gasteiger partial charge < -0.3 is 14.4 Å². The molecule has 0 bridgehead atoms. The molecule has 0 aliphatic carbocycles. The van der Waals surface area contributed by atoms with E-state index in [0.29, 0.717) is 30.1 Å². The Morgan fingerprint density at radius 2 is 2.22 bits per heavy atom. The van der Waals surface area contributed by atoms with Crippen molar-refractivity contribution in [3.63, 3.8) is 0 Å². The molecule has 1 aliphatic heterocycles. The molecule has 1 unspecified atom stereocenters. The maximum absolute atomic E-state index is 12.2. The lowest BCUT2D eigenvalue weighted by Gasteiger charge is -2.15. The molecule has 1 atom stereocenters. The van der Waals surface area contributed by atoms with E-state index in [0.717, 1.165) is 0 Å². The van der Waals surface area contributed by atoms with Crippen molar-refractivity contribution in [1.29, 1.82) is 0 Å². The van der Waals surface area contributed by atoms with Gasteiger partial charge in [-0.05, 0) is 17.9 Å². The van der Waals surface area contributed by atoms with Crippen LogP contribution in [0.15, 0.2) is 11.4 Å². The molecule has 1 amide bonds. The smallest absolute Gasteiger partial charge is 0.310 e. The van der Waals surface area contributed by atoms with Gasteiger partial charge in [0.25, 0.3) is 5.91 Å². The molecule has 1 aromatic heterocycles. The number of likely N-dealkylation sites (tertiary alicyclic amines) is 1. The molecular weight excluding hydrogens is 254 g/mol. The Balaban J connectivity index is 2.06. The zero-order valence-electron chi connectivity index (χ0n) is 10.3. The van der Waals surface area contributed by atoms with E-state index in [1.807, 2.05) is 5.38 Å². The second-order valence-electron chi connectivity index (χ2n) is 4.08. The zero-order chi connectivity index (χ0) is 13.1. The van der Waals surface area contributed by atoms with Crippen LogP contribution in [0, 0.1) is 5.92 Å². The average Bonchev–Trinajstić information content (AvgIpc) is 3.05. The molecule has 0 saturated carbocycles. The lowest BCUT2D eigenvalue weighted by molar-refractivity contribution is -0.144. The molecule has 0 aromatic carbocycles. The molecule has 2 rings (SSSR count).